The van der Waals surface area contributed by atoms with Gasteiger partial charge in [-0.25, -0.2) is 4.39 Å². The van der Waals surface area contributed by atoms with Crippen LogP contribution < -0.4 is 4.74 Å². The normalized spacial score (nSPS) is 17.8. The van der Waals surface area contributed by atoms with Gasteiger partial charge in [0.1, 0.15) is 17.7 Å². The van der Waals surface area contributed by atoms with Gasteiger partial charge >= 0.3 is 0 Å². The number of hydrogen-bond donors (Lipinski definition) is 0. The second-order valence-electron chi connectivity index (χ2n) is 4.43. The fraction of sp³-hybridized carbons (Fsp3) is 0.133. The number of halogens is 2. The van der Waals surface area contributed by atoms with Crippen molar-refractivity contribution in [3.8, 4) is 5.75 Å². The second-order valence-corrected chi connectivity index (χ2v) is 5.34. The van der Waals surface area contributed by atoms with Gasteiger partial charge in [0.25, 0.3) is 0 Å². The van der Waals surface area contributed by atoms with Crippen LogP contribution >= 0.6 is 15.9 Å². The summed E-state index contributed by atoms with van der Waals surface area (Å²) in [6, 6.07) is 11.6. The van der Waals surface area contributed by atoms with Gasteiger partial charge in [0.15, 0.2) is 5.78 Å². The maximum absolute atomic E-state index is 13.2. The maximum Gasteiger partial charge on any atom is 0.170 e. The highest BCUT2D eigenvalue weighted by Crippen LogP contribution is 2.35. The van der Waals surface area contributed by atoms with E-state index in [-0.39, 0.29) is 18.3 Å². The van der Waals surface area contributed by atoms with Crippen molar-refractivity contribution in [1.82, 2.24) is 0 Å². The van der Waals surface area contributed by atoms with Crippen LogP contribution in [-0.4, -0.2) is 5.78 Å². The van der Waals surface area contributed by atoms with Crippen LogP contribution in [0.4, 0.5) is 4.39 Å². The van der Waals surface area contributed by atoms with Crippen LogP contribution in [0.1, 0.15) is 28.4 Å². The lowest BCUT2D eigenvalue weighted by atomic mass is 9.96. The monoisotopic (exact) mass is 320 g/mol. The fourth-order valence-corrected chi connectivity index (χ4v) is 2.61. The number of fused-ring (bicyclic) bond motifs is 1. The molecule has 0 bridgehead atoms. The van der Waals surface area contributed by atoms with Crippen molar-refractivity contribution in [1.29, 1.82) is 0 Å². The van der Waals surface area contributed by atoms with Gasteiger partial charge in [-0.3, -0.25) is 4.79 Å². The van der Waals surface area contributed by atoms with Crippen molar-refractivity contribution in [2.45, 2.75) is 12.5 Å². The first-order valence-electron chi connectivity index (χ1n) is 5.88. The molecule has 3 rings (SSSR count). The molecule has 0 saturated carbocycles. The summed E-state index contributed by atoms with van der Waals surface area (Å²) in [5.41, 5.74) is 1.35. The van der Waals surface area contributed by atoms with Gasteiger partial charge in [-0.1, -0.05) is 28.1 Å². The van der Waals surface area contributed by atoms with E-state index in [1.165, 1.54) is 18.2 Å². The van der Waals surface area contributed by atoms with Gasteiger partial charge in [0.2, 0.25) is 0 Å². The summed E-state index contributed by atoms with van der Waals surface area (Å²) in [6.07, 6.45) is -0.0889. The Bertz CT molecular complexity index is 654. The predicted molar refractivity (Wildman–Crippen MR) is 72.9 cm³/mol. The van der Waals surface area contributed by atoms with E-state index in [0.717, 1.165) is 10.0 Å². The zero-order chi connectivity index (χ0) is 13.4. The molecule has 19 heavy (non-hydrogen) atoms. The molecule has 96 valence electrons. The fourth-order valence-electron chi connectivity index (χ4n) is 2.19. The molecular formula is C15H10BrFO2. The Morgan fingerprint density at radius 1 is 1.21 bits per heavy atom. The van der Waals surface area contributed by atoms with E-state index < -0.39 is 5.82 Å². The minimum absolute atomic E-state index is 0.0220. The quantitative estimate of drug-likeness (QED) is 0.783. The molecule has 0 fully saturated rings. The Balaban J connectivity index is 1.98. The molecular weight excluding hydrogens is 311 g/mol. The maximum atomic E-state index is 13.2. The minimum atomic E-state index is -0.401. The number of ether oxygens (including phenoxy) is 1. The first kappa shape index (κ1) is 12.4. The smallest absolute Gasteiger partial charge is 0.170 e. The van der Waals surface area contributed by atoms with Crippen LogP contribution in [-0.2, 0) is 0 Å². The molecule has 4 heteroatoms. The van der Waals surface area contributed by atoms with Crippen LogP contribution in [0.5, 0.6) is 5.75 Å². The summed E-state index contributed by atoms with van der Waals surface area (Å²) in [4.78, 5) is 12.1. The van der Waals surface area contributed by atoms with Crippen molar-refractivity contribution < 1.29 is 13.9 Å². The third-order valence-electron chi connectivity index (χ3n) is 3.10. The third kappa shape index (κ3) is 2.40. The molecule has 2 aromatic carbocycles. The number of Topliss-reactive ketones (excluding diaryl/α,β-unsaturated/α-hetero) is 1. The highest BCUT2D eigenvalue weighted by molar-refractivity contribution is 9.10. The number of ketones is 1. The summed E-state index contributed by atoms with van der Waals surface area (Å²) in [6.45, 7) is 0. The van der Waals surface area contributed by atoms with Crippen molar-refractivity contribution in [2.75, 3.05) is 0 Å². The van der Waals surface area contributed by atoms with Crippen molar-refractivity contribution in [3.05, 3.63) is 63.9 Å². The highest BCUT2D eigenvalue weighted by atomic mass is 79.9. The Hall–Kier alpha value is -1.68. The molecule has 1 unspecified atom stereocenters. The Morgan fingerprint density at radius 2 is 2.05 bits per heavy atom. The summed E-state index contributed by atoms with van der Waals surface area (Å²) in [5.74, 6) is -0.103. The Morgan fingerprint density at radius 3 is 2.84 bits per heavy atom. The molecule has 0 N–H and O–H groups in total. The van der Waals surface area contributed by atoms with Crippen molar-refractivity contribution in [2.24, 2.45) is 0 Å². The van der Waals surface area contributed by atoms with Crippen molar-refractivity contribution in [3.63, 3.8) is 0 Å². The third-order valence-corrected chi connectivity index (χ3v) is 3.60. The van der Waals surface area contributed by atoms with Gasteiger partial charge in [-0.15, -0.1) is 0 Å². The standard InChI is InChI=1S/C15H10BrFO2/c16-10-3-1-2-9(6-10)14-8-13(18)12-5-4-11(17)7-15(12)19-14/h1-7,14H,8H2. The van der Waals surface area contributed by atoms with E-state index in [2.05, 4.69) is 15.9 Å². The van der Waals surface area contributed by atoms with E-state index in [1.807, 2.05) is 24.3 Å². The zero-order valence-corrected chi connectivity index (χ0v) is 11.5. The van der Waals surface area contributed by atoms with E-state index in [1.54, 1.807) is 0 Å². The first-order valence-corrected chi connectivity index (χ1v) is 6.67. The van der Waals surface area contributed by atoms with E-state index in [0.29, 0.717) is 11.3 Å². The van der Waals surface area contributed by atoms with E-state index in [9.17, 15) is 9.18 Å². The van der Waals surface area contributed by atoms with Crippen molar-refractivity contribution >= 4 is 21.7 Å². The van der Waals surface area contributed by atoms with E-state index >= 15 is 0 Å². The molecule has 0 aliphatic carbocycles. The zero-order valence-electron chi connectivity index (χ0n) is 9.90. The predicted octanol–water partition coefficient (Wildman–Crippen LogP) is 4.29. The number of carbonyl (C=O) groups excluding carboxylic acids is 1. The molecule has 2 nitrogen and oxygen atoms in total. The summed E-state index contributed by atoms with van der Waals surface area (Å²) in [5, 5.41) is 0. The average Bonchev–Trinajstić information content (AvgIpc) is 2.38. The van der Waals surface area contributed by atoms with Gasteiger partial charge in [0.05, 0.1) is 12.0 Å². The number of benzene rings is 2. The molecule has 1 heterocycles. The molecule has 1 aliphatic heterocycles. The lowest BCUT2D eigenvalue weighted by Crippen LogP contribution is -2.20. The molecule has 0 spiro atoms. The Labute approximate surface area is 118 Å². The van der Waals surface area contributed by atoms with Gasteiger partial charge in [-0.2, -0.15) is 0 Å². The van der Waals surface area contributed by atoms with Gasteiger partial charge in [-0.05, 0) is 29.8 Å². The number of rotatable bonds is 1. The second kappa shape index (κ2) is 4.78. The van der Waals surface area contributed by atoms with Crippen LogP contribution in [0, 0.1) is 5.82 Å². The summed E-state index contributed by atoms with van der Waals surface area (Å²) < 4.78 is 19.9. The van der Waals surface area contributed by atoms with E-state index in [4.69, 9.17) is 4.74 Å². The number of carbonyl (C=O) groups is 1. The highest BCUT2D eigenvalue weighted by Gasteiger charge is 2.27. The summed E-state index contributed by atoms with van der Waals surface area (Å²) >= 11 is 3.39. The van der Waals surface area contributed by atoms with Gasteiger partial charge in [0, 0.05) is 10.5 Å². The van der Waals surface area contributed by atoms with Gasteiger partial charge < -0.3 is 4.74 Å². The topological polar surface area (TPSA) is 26.3 Å². The molecule has 0 aromatic heterocycles. The molecule has 1 aliphatic rings. The lowest BCUT2D eigenvalue weighted by molar-refractivity contribution is 0.0849. The van der Waals surface area contributed by atoms with Crippen LogP contribution in [0.3, 0.4) is 0 Å². The number of hydrogen-bond acceptors (Lipinski definition) is 2. The Kier molecular flexibility index (Phi) is 3.11. The average molecular weight is 321 g/mol. The van der Waals surface area contributed by atoms with Crippen LogP contribution in [0.25, 0.3) is 0 Å². The molecule has 1 atom stereocenters. The van der Waals surface area contributed by atoms with Crippen LogP contribution in [0.15, 0.2) is 46.9 Å². The molecule has 0 radical (unpaired) electrons. The molecule has 0 amide bonds. The van der Waals surface area contributed by atoms with Crippen LogP contribution in [0.2, 0.25) is 0 Å². The first-order chi connectivity index (χ1) is 9.13. The minimum Gasteiger partial charge on any atom is -0.484 e. The molecule has 0 saturated heterocycles. The molecule has 2 aromatic rings. The SMILES string of the molecule is O=C1CC(c2cccc(Br)c2)Oc2cc(F)ccc21. The lowest BCUT2D eigenvalue weighted by Gasteiger charge is -2.25. The largest absolute Gasteiger partial charge is 0.484 e. The summed E-state index contributed by atoms with van der Waals surface area (Å²) in [7, 11) is 0.